The number of halogens is 1. The summed E-state index contributed by atoms with van der Waals surface area (Å²) in [5.74, 6) is -1.31. The third-order valence-electron chi connectivity index (χ3n) is 7.12. The number of hydrogen-bond donors (Lipinski definition) is 1. The van der Waals surface area contributed by atoms with Gasteiger partial charge in [-0.3, -0.25) is 9.69 Å². The minimum Gasteiger partial charge on any atom is -0.458 e. The highest BCUT2D eigenvalue weighted by atomic mass is 19.1. The molecule has 1 amide bonds. The number of carbonyl (C=O) groups is 2. The van der Waals surface area contributed by atoms with E-state index >= 15 is 0 Å². The van der Waals surface area contributed by atoms with Gasteiger partial charge in [0.2, 0.25) is 0 Å². The lowest BCUT2D eigenvalue weighted by molar-refractivity contribution is -0.144. The normalized spacial score (nSPS) is 17.7. The van der Waals surface area contributed by atoms with Gasteiger partial charge in [0.15, 0.2) is 0 Å². The second-order valence-electron chi connectivity index (χ2n) is 10.9. The average molecular weight is 520 g/mol. The molecule has 1 aromatic heterocycles. The van der Waals surface area contributed by atoms with Crippen molar-refractivity contribution >= 4 is 28.9 Å². The first kappa shape index (κ1) is 26.1. The molecule has 8 heteroatoms. The van der Waals surface area contributed by atoms with E-state index in [9.17, 15) is 14.0 Å². The largest absolute Gasteiger partial charge is 0.458 e. The van der Waals surface area contributed by atoms with E-state index in [0.29, 0.717) is 44.0 Å². The van der Waals surface area contributed by atoms with Crippen LogP contribution in [0.3, 0.4) is 0 Å². The minimum atomic E-state index is -0.577. The number of nitrogens with one attached hydrogen (secondary N) is 1. The molecule has 0 atom stereocenters. The zero-order chi connectivity index (χ0) is 27.0. The van der Waals surface area contributed by atoms with Crippen molar-refractivity contribution < 1.29 is 23.5 Å². The van der Waals surface area contributed by atoms with Crippen LogP contribution in [0.5, 0.6) is 0 Å². The van der Waals surface area contributed by atoms with Crippen molar-refractivity contribution in [1.82, 2.24) is 14.8 Å². The van der Waals surface area contributed by atoms with Crippen LogP contribution in [-0.2, 0) is 26.2 Å². The topological polar surface area (TPSA) is 74.9 Å². The van der Waals surface area contributed by atoms with Gasteiger partial charge in [-0.15, -0.1) is 0 Å². The Hall–Kier alpha value is -3.49. The second-order valence-corrected chi connectivity index (χ2v) is 10.9. The quantitative estimate of drug-likeness (QED) is 0.487. The fourth-order valence-electron chi connectivity index (χ4n) is 5.38. The molecule has 2 aliphatic heterocycles. The highest BCUT2D eigenvalue weighted by Gasteiger charge is 2.38. The molecule has 200 valence electrons. The van der Waals surface area contributed by atoms with Gasteiger partial charge in [-0.2, -0.15) is 0 Å². The van der Waals surface area contributed by atoms with E-state index in [2.05, 4.69) is 23.7 Å². The van der Waals surface area contributed by atoms with Crippen molar-refractivity contribution in [3.05, 3.63) is 76.4 Å². The Bertz CT molecular complexity index is 1400. The third kappa shape index (κ3) is 5.11. The maximum atomic E-state index is 14.8. The molecule has 1 N–H and O–H groups in total. The van der Waals surface area contributed by atoms with E-state index in [1.165, 1.54) is 17.0 Å². The van der Waals surface area contributed by atoms with Crippen LogP contribution in [0.4, 0.5) is 4.39 Å². The summed E-state index contributed by atoms with van der Waals surface area (Å²) >= 11 is 0. The van der Waals surface area contributed by atoms with Crippen LogP contribution in [0.25, 0.3) is 17.0 Å². The van der Waals surface area contributed by atoms with Crippen molar-refractivity contribution in [2.75, 3.05) is 32.8 Å². The van der Waals surface area contributed by atoms with Crippen LogP contribution in [0, 0.1) is 5.82 Å². The molecule has 0 saturated carbocycles. The summed E-state index contributed by atoms with van der Waals surface area (Å²) in [6, 6.07) is 12.4. The summed E-state index contributed by atoms with van der Waals surface area (Å²) in [6.45, 7) is 10.9. The summed E-state index contributed by atoms with van der Waals surface area (Å²) in [4.78, 5) is 34.4. The molecule has 0 radical (unpaired) electrons. The van der Waals surface area contributed by atoms with Gasteiger partial charge in [0.1, 0.15) is 11.5 Å². The smallest absolute Gasteiger partial charge is 0.355 e. The Morgan fingerprint density at radius 1 is 1.13 bits per heavy atom. The van der Waals surface area contributed by atoms with Gasteiger partial charge in [0.05, 0.1) is 19.3 Å². The number of aromatic nitrogens is 1. The van der Waals surface area contributed by atoms with Gasteiger partial charge in [-0.1, -0.05) is 32.0 Å². The molecular weight excluding hydrogens is 485 g/mol. The number of ether oxygens (including phenoxy) is 2. The molecule has 0 spiro atoms. The lowest BCUT2D eigenvalue weighted by Crippen LogP contribution is -2.42. The second kappa shape index (κ2) is 10.3. The Balaban J connectivity index is 1.56. The van der Waals surface area contributed by atoms with Crippen LogP contribution in [-0.4, -0.2) is 65.6 Å². The van der Waals surface area contributed by atoms with E-state index in [-0.39, 0.29) is 30.1 Å². The zero-order valence-corrected chi connectivity index (χ0v) is 22.3. The number of aromatic amines is 1. The number of esters is 1. The molecule has 0 aliphatic carbocycles. The predicted octanol–water partition coefficient (Wildman–Crippen LogP) is 4.87. The molecule has 7 nitrogen and oxygen atoms in total. The maximum absolute atomic E-state index is 14.8. The van der Waals surface area contributed by atoms with Crippen LogP contribution < -0.4 is 0 Å². The maximum Gasteiger partial charge on any atom is 0.355 e. The molecule has 1 saturated heterocycles. The number of fused-ring (bicyclic) bond motifs is 3. The molecule has 38 heavy (non-hydrogen) atoms. The van der Waals surface area contributed by atoms with Gasteiger partial charge >= 0.3 is 5.97 Å². The van der Waals surface area contributed by atoms with Crippen molar-refractivity contribution in [3.63, 3.8) is 0 Å². The predicted molar refractivity (Wildman–Crippen MR) is 144 cm³/mol. The standard InChI is InChI=1S/C30H34FN3O4/c1-19(2)38-29(36)26-16-25-27(22-7-5-6-8-24(22)32-25)30(3,4)18-34(26)28(35)20-9-10-23(31)21(15-20)17-33-11-13-37-14-12-33/h5-10,15-16,19,32H,11-14,17-18H2,1-4H3. The lowest BCUT2D eigenvalue weighted by Gasteiger charge is -2.32. The summed E-state index contributed by atoms with van der Waals surface area (Å²) in [6.07, 6.45) is 1.36. The number of nitrogens with zero attached hydrogens (tertiary/aromatic N) is 2. The average Bonchev–Trinajstić information content (AvgIpc) is 3.21. The number of rotatable bonds is 5. The zero-order valence-electron chi connectivity index (χ0n) is 22.3. The summed E-state index contributed by atoms with van der Waals surface area (Å²) < 4.78 is 25.7. The molecule has 0 unspecified atom stereocenters. The molecule has 3 aromatic rings. The summed E-state index contributed by atoms with van der Waals surface area (Å²) in [7, 11) is 0. The first-order chi connectivity index (χ1) is 18.1. The van der Waals surface area contributed by atoms with E-state index < -0.39 is 11.4 Å². The number of amides is 1. The minimum absolute atomic E-state index is 0.154. The molecule has 3 heterocycles. The van der Waals surface area contributed by atoms with Crippen molar-refractivity contribution in [2.24, 2.45) is 0 Å². The van der Waals surface area contributed by atoms with Gasteiger partial charge in [0, 0.05) is 59.3 Å². The highest BCUT2D eigenvalue weighted by Crippen LogP contribution is 2.39. The van der Waals surface area contributed by atoms with Gasteiger partial charge in [-0.25, -0.2) is 9.18 Å². The number of carbonyl (C=O) groups excluding carboxylic acids is 2. The van der Waals surface area contributed by atoms with E-state index in [1.807, 2.05) is 24.3 Å². The van der Waals surface area contributed by atoms with Crippen molar-refractivity contribution in [3.8, 4) is 0 Å². The number of hydrogen-bond acceptors (Lipinski definition) is 5. The summed E-state index contributed by atoms with van der Waals surface area (Å²) in [5.41, 5.74) is 3.19. The van der Waals surface area contributed by atoms with Gasteiger partial charge < -0.3 is 19.4 Å². The lowest BCUT2D eigenvalue weighted by atomic mass is 9.82. The SMILES string of the molecule is CC(C)OC(=O)C1=Cc2[nH]c3ccccc3c2C(C)(C)CN1C(=O)c1ccc(F)c(CN2CCOCC2)c1. The van der Waals surface area contributed by atoms with Gasteiger partial charge in [0.25, 0.3) is 5.91 Å². The molecule has 2 aromatic carbocycles. The number of benzene rings is 2. The first-order valence-corrected chi connectivity index (χ1v) is 13.1. The van der Waals surface area contributed by atoms with Crippen LogP contribution in [0.2, 0.25) is 0 Å². The Kier molecular flexibility index (Phi) is 7.11. The number of para-hydroxylation sites is 1. The molecule has 5 rings (SSSR count). The van der Waals surface area contributed by atoms with Crippen molar-refractivity contribution in [1.29, 1.82) is 0 Å². The Morgan fingerprint density at radius 2 is 1.87 bits per heavy atom. The monoisotopic (exact) mass is 519 g/mol. The Morgan fingerprint density at radius 3 is 2.61 bits per heavy atom. The third-order valence-corrected chi connectivity index (χ3v) is 7.12. The fourth-order valence-corrected chi connectivity index (χ4v) is 5.38. The van der Waals surface area contributed by atoms with E-state index in [0.717, 1.165) is 22.2 Å². The molecule has 2 aliphatic rings. The van der Waals surface area contributed by atoms with E-state index in [4.69, 9.17) is 9.47 Å². The van der Waals surface area contributed by atoms with Crippen molar-refractivity contribution in [2.45, 2.75) is 45.8 Å². The first-order valence-electron chi connectivity index (χ1n) is 13.1. The van der Waals surface area contributed by atoms with Crippen LogP contribution in [0.15, 0.2) is 48.2 Å². The Labute approximate surface area is 222 Å². The highest BCUT2D eigenvalue weighted by molar-refractivity contribution is 6.05. The van der Waals surface area contributed by atoms with Crippen LogP contribution >= 0.6 is 0 Å². The number of H-pyrrole nitrogens is 1. The van der Waals surface area contributed by atoms with Crippen LogP contribution in [0.1, 0.15) is 54.9 Å². The molecular formula is C30H34FN3O4. The fraction of sp³-hybridized carbons (Fsp3) is 0.400. The molecule has 1 fully saturated rings. The van der Waals surface area contributed by atoms with E-state index in [1.54, 1.807) is 26.0 Å². The molecule has 0 bridgehead atoms. The number of morpholine rings is 1. The summed E-state index contributed by atoms with van der Waals surface area (Å²) in [5, 5.41) is 1.05. The van der Waals surface area contributed by atoms with Gasteiger partial charge in [-0.05, 0) is 49.8 Å².